The minimum Gasteiger partial charge on any atom is -0.469 e. The van der Waals surface area contributed by atoms with Crippen LogP contribution in [0.1, 0.15) is 54.9 Å². The number of esters is 1. The Morgan fingerprint density at radius 3 is 1.97 bits per heavy atom. The maximum Gasteiger partial charge on any atom is 0.509 e. The van der Waals surface area contributed by atoms with E-state index in [4.69, 9.17) is 18.9 Å². The van der Waals surface area contributed by atoms with Gasteiger partial charge in [0.25, 0.3) is 0 Å². The molecule has 3 atom stereocenters. The van der Waals surface area contributed by atoms with Crippen LogP contribution in [-0.4, -0.2) is 66.2 Å². The van der Waals surface area contributed by atoms with E-state index < -0.39 is 53.5 Å². The van der Waals surface area contributed by atoms with E-state index in [0.29, 0.717) is 0 Å². The summed E-state index contributed by atoms with van der Waals surface area (Å²) in [6, 6.07) is 0. The number of carbonyl (C=O) groups excluding carboxylic acids is 4. The van der Waals surface area contributed by atoms with E-state index in [-0.39, 0.29) is 13.0 Å². The summed E-state index contributed by atoms with van der Waals surface area (Å²) in [5.74, 6) is -1.79. The van der Waals surface area contributed by atoms with Gasteiger partial charge >= 0.3 is 18.2 Å². The predicted octanol–water partition coefficient (Wildman–Crippen LogP) is 2.20. The van der Waals surface area contributed by atoms with Crippen molar-refractivity contribution in [3.05, 3.63) is 0 Å². The summed E-state index contributed by atoms with van der Waals surface area (Å²) in [5, 5.41) is 2.60. The Labute approximate surface area is 171 Å². The van der Waals surface area contributed by atoms with Crippen LogP contribution in [0.4, 0.5) is 9.59 Å². The minimum atomic E-state index is -1.04. The largest absolute Gasteiger partial charge is 0.509 e. The van der Waals surface area contributed by atoms with Gasteiger partial charge in [-0.05, 0) is 41.5 Å². The number of likely N-dealkylation sites (tertiary alicyclic amines) is 1. The summed E-state index contributed by atoms with van der Waals surface area (Å²) < 4.78 is 20.7. The topological polar surface area (TPSA) is 120 Å². The van der Waals surface area contributed by atoms with Crippen molar-refractivity contribution in [1.82, 2.24) is 10.2 Å². The molecule has 0 aliphatic carbocycles. The molecule has 0 spiro atoms. The van der Waals surface area contributed by atoms with Crippen LogP contribution in [0.15, 0.2) is 0 Å². The maximum atomic E-state index is 12.8. The Kier molecular flexibility index (Phi) is 7.88. The molecule has 0 radical (unpaired) electrons. The molecular formula is C19H32N2O8. The average molecular weight is 416 g/mol. The second-order valence-electron chi connectivity index (χ2n) is 8.85. The minimum absolute atomic E-state index is 0.0379. The molecule has 1 aliphatic rings. The Balaban J connectivity index is 3.20. The van der Waals surface area contributed by atoms with Crippen LogP contribution in [-0.2, 0) is 28.5 Å². The molecular weight excluding hydrogens is 384 g/mol. The van der Waals surface area contributed by atoms with Gasteiger partial charge in [-0.2, -0.15) is 0 Å². The highest BCUT2D eigenvalue weighted by molar-refractivity contribution is 5.77. The quantitative estimate of drug-likeness (QED) is 0.549. The number of hydrogen-bond acceptors (Lipinski definition) is 8. The molecule has 1 rings (SSSR count). The first kappa shape index (κ1) is 24.5. The number of carbonyl (C=O) groups is 4. The molecule has 0 aromatic heterocycles. The highest BCUT2D eigenvalue weighted by atomic mass is 16.7. The standard InChI is InChI=1S/C19H32N2O8/c1-11(22)20-14-13(27-17(25)29-19(5,6)7)9-12(15(23)26-8)10-21(14)16(24)28-18(2,3)4/h12-14H,9-10H2,1-8H3,(H,20,22)/t12-,13+,14+/m1/s1. The number of ether oxygens (including phenoxy) is 4. The molecule has 29 heavy (non-hydrogen) atoms. The summed E-state index contributed by atoms with van der Waals surface area (Å²) in [4.78, 5) is 50.0. The molecule has 0 unspecified atom stereocenters. The second-order valence-corrected chi connectivity index (χ2v) is 8.85. The molecule has 0 aromatic rings. The second kappa shape index (κ2) is 9.32. The fourth-order valence-electron chi connectivity index (χ4n) is 2.77. The van der Waals surface area contributed by atoms with E-state index in [0.717, 1.165) is 4.90 Å². The van der Waals surface area contributed by atoms with Gasteiger partial charge in [-0.15, -0.1) is 0 Å². The fraction of sp³-hybridized carbons (Fsp3) is 0.789. The van der Waals surface area contributed by atoms with Crippen LogP contribution < -0.4 is 5.32 Å². The lowest BCUT2D eigenvalue weighted by Gasteiger charge is -2.43. The molecule has 0 bridgehead atoms. The third-order valence-electron chi connectivity index (χ3n) is 3.77. The van der Waals surface area contributed by atoms with Crippen LogP contribution in [0.3, 0.4) is 0 Å². The van der Waals surface area contributed by atoms with Crippen molar-refractivity contribution < 1.29 is 38.1 Å². The van der Waals surface area contributed by atoms with Gasteiger partial charge in [0.2, 0.25) is 5.91 Å². The van der Waals surface area contributed by atoms with E-state index in [2.05, 4.69) is 5.32 Å². The molecule has 2 amide bonds. The van der Waals surface area contributed by atoms with Gasteiger partial charge in [-0.25, -0.2) is 9.59 Å². The predicted molar refractivity (Wildman–Crippen MR) is 102 cm³/mol. The lowest BCUT2D eigenvalue weighted by molar-refractivity contribution is -0.152. The molecule has 10 heteroatoms. The van der Waals surface area contributed by atoms with E-state index in [1.54, 1.807) is 41.5 Å². The molecule has 10 nitrogen and oxygen atoms in total. The number of nitrogens with one attached hydrogen (secondary N) is 1. The number of rotatable bonds is 3. The van der Waals surface area contributed by atoms with Crippen molar-refractivity contribution >= 4 is 24.1 Å². The zero-order chi connectivity index (χ0) is 22.6. The molecule has 1 saturated heterocycles. The van der Waals surface area contributed by atoms with Crippen LogP contribution in [0, 0.1) is 5.92 Å². The van der Waals surface area contributed by atoms with Crippen molar-refractivity contribution in [1.29, 1.82) is 0 Å². The zero-order valence-corrected chi connectivity index (χ0v) is 18.4. The van der Waals surface area contributed by atoms with Crippen molar-refractivity contribution in [2.45, 2.75) is 78.4 Å². The van der Waals surface area contributed by atoms with E-state index in [9.17, 15) is 19.2 Å². The molecule has 1 N–H and O–H groups in total. The van der Waals surface area contributed by atoms with Gasteiger partial charge in [-0.1, -0.05) is 0 Å². The monoisotopic (exact) mass is 416 g/mol. The molecule has 0 aromatic carbocycles. The zero-order valence-electron chi connectivity index (χ0n) is 18.4. The lowest BCUT2D eigenvalue weighted by atomic mass is 9.93. The number of methoxy groups -OCH3 is 1. The first-order valence-corrected chi connectivity index (χ1v) is 9.37. The van der Waals surface area contributed by atoms with Crippen molar-refractivity contribution in [3.63, 3.8) is 0 Å². The van der Waals surface area contributed by atoms with E-state index >= 15 is 0 Å². The van der Waals surface area contributed by atoms with Crippen molar-refractivity contribution in [2.24, 2.45) is 5.92 Å². The van der Waals surface area contributed by atoms with E-state index in [1.807, 2.05) is 0 Å². The number of hydrogen-bond donors (Lipinski definition) is 1. The SMILES string of the molecule is COC(=O)[C@@H]1C[C@H](OC(=O)OC(C)(C)C)[C@@H](NC(C)=O)N(C(=O)OC(C)(C)C)C1. The Bertz CT molecular complexity index is 635. The molecule has 166 valence electrons. The molecule has 1 fully saturated rings. The van der Waals surface area contributed by atoms with Gasteiger partial charge in [0.15, 0.2) is 0 Å². The Hall–Kier alpha value is -2.52. The summed E-state index contributed by atoms with van der Waals surface area (Å²) in [5.41, 5.74) is -1.61. The van der Waals surface area contributed by atoms with Crippen LogP contribution in [0.5, 0.6) is 0 Å². The van der Waals surface area contributed by atoms with Gasteiger partial charge < -0.3 is 24.3 Å². The molecule has 1 heterocycles. The summed E-state index contributed by atoms with van der Waals surface area (Å²) in [6.45, 7) is 11.3. The van der Waals surface area contributed by atoms with Crippen molar-refractivity contribution in [2.75, 3.05) is 13.7 Å². The fourth-order valence-corrected chi connectivity index (χ4v) is 2.77. The maximum absolute atomic E-state index is 12.8. The van der Waals surface area contributed by atoms with Crippen LogP contribution in [0.25, 0.3) is 0 Å². The summed E-state index contributed by atoms with van der Waals surface area (Å²) >= 11 is 0. The molecule has 1 aliphatic heterocycles. The highest BCUT2D eigenvalue weighted by Crippen LogP contribution is 2.27. The average Bonchev–Trinajstić information content (AvgIpc) is 2.51. The Morgan fingerprint density at radius 2 is 1.52 bits per heavy atom. The summed E-state index contributed by atoms with van der Waals surface area (Å²) in [7, 11) is 1.23. The van der Waals surface area contributed by atoms with Gasteiger partial charge in [0.1, 0.15) is 23.5 Å². The van der Waals surface area contributed by atoms with E-state index in [1.165, 1.54) is 14.0 Å². The first-order valence-electron chi connectivity index (χ1n) is 9.37. The van der Waals surface area contributed by atoms with Crippen LogP contribution >= 0.6 is 0 Å². The van der Waals surface area contributed by atoms with Crippen LogP contribution in [0.2, 0.25) is 0 Å². The third kappa shape index (κ3) is 8.16. The van der Waals surface area contributed by atoms with Gasteiger partial charge in [0, 0.05) is 19.9 Å². The highest BCUT2D eigenvalue weighted by Gasteiger charge is 2.45. The van der Waals surface area contributed by atoms with Crippen molar-refractivity contribution in [3.8, 4) is 0 Å². The first-order chi connectivity index (χ1) is 13.1. The number of piperidine rings is 1. The lowest BCUT2D eigenvalue weighted by Crippen LogP contribution is -2.63. The van der Waals surface area contributed by atoms with Gasteiger partial charge in [-0.3, -0.25) is 14.5 Å². The Morgan fingerprint density at radius 1 is 0.966 bits per heavy atom. The number of nitrogens with zero attached hydrogens (tertiary/aromatic N) is 1. The number of amides is 2. The third-order valence-corrected chi connectivity index (χ3v) is 3.77. The smallest absolute Gasteiger partial charge is 0.469 e. The van der Waals surface area contributed by atoms with Gasteiger partial charge in [0.05, 0.1) is 13.0 Å². The molecule has 0 saturated carbocycles. The normalized spacial score (nSPS) is 22.3. The summed E-state index contributed by atoms with van der Waals surface area (Å²) in [6.07, 6.45) is -3.78.